The Labute approximate surface area is 173 Å². The molecule has 2 aromatic carbocycles. The summed E-state index contributed by atoms with van der Waals surface area (Å²) in [6.45, 7) is 1.88. The Morgan fingerprint density at radius 2 is 1.69 bits per heavy atom. The van der Waals surface area contributed by atoms with Crippen molar-refractivity contribution in [3.63, 3.8) is 0 Å². The maximum absolute atomic E-state index is 13.2. The Morgan fingerprint density at radius 3 is 2.38 bits per heavy atom. The fraction of sp³-hybridized carbons (Fsp3) is 0.100. The predicted octanol–water partition coefficient (Wildman–Crippen LogP) is 5.07. The molecule has 0 saturated carbocycles. The van der Waals surface area contributed by atoms with Gasteiger partial charge < -0.3 is 5.32 Å². The molecule has 0 fully saturated rings. The molecule has 5 nitrogen and oxygen atoms in total. The number of thioether (sulfide) groups is 1. The lowest BCUT2D eigenvalue weighted by Crippen LogP contribution is -2.14. The number of aromatic nitrogens is 3. The fourth-order valence-corrected chi connectivity index (χ4v) is 4.39. The fourth-order valence-electron chi connectivity index (χ4n) is 2.68. The van der Waals surface area contributed by atoms with Gasteiger partial charge in [0.2, 0.25) is 5.91 Å². The van der Waals surface area contributed by atoms with Crippen LogP contribution in [-0.4, -0.2) is 26.8 Å². The molecule has 29 heavy (non-hydrogen) atoms. The van der Waals surface area contributed by atoms with Gasteiger partial charge in [0.05, 0.1) is 15.5 Å². The first-order chi connectivity index (χ1) is 14.0. The molecule has 0 atom stereocenters. The van der Waals surface area contributed by atoms with Gasteiger partial charge in [-0.25, -0.2) is 13.8 Å². The zero-order valence-electron chi connectivity index (χ0n) is 15.1. The number of benzene rings is 2. The van der Waals surface area contributed by atoms with Crippen molar-refractivity contribution >= 4 is 44.9 Å². The minimum Gasteiger partial charge on any atom is -0.325 e. The smallest absolute Gasteiger partial charge is 0.234 e. The van der Waals surface area contributed by atoms with Crippen molar-refractivity contribution in [1.82, 2.24) is 15.2 Å². The Balaban J connectivity index is 1.55. The van der Waals surface area contributed by atoms with E-state index in [4.69, 9.17) is 0 Å². The first kappa shape index (κ1) is 19.4. The van der Waals surface area contributed by atoms with Gasteiger partial charge in [-0.05, 0) is 55.5 Å². The number of fused-ring (bicyclic) bond motifs is 1. The van der Waals surface area contributed by atoms with Gasteiger partial charge in [0.25, 0.3) is 0 Å². The second-order valence-corrected chi connectivity index (χ2v) is 8.28. The van der Waals surface area contributed by atoms with Crippen LogP contribution >= 0.6 is 23.1 Å². The lowest BCUT2D eigenvalue weighted by molar-refractivity contribution is -0.113. The molecular formula is C20H14F2N4OS2. The van der Waals surface area contributed by atoms with Crippen LogP contribution in [0.4, 0.5) is 14.5 Å². The second kappa shape index (κ2) is 8.22. The van der Waals surface area contributed by atoms with Crippen molar-refractivity contribution in [3.8, 4) is 11.3 Å². The number of amides is 1. The number of rotatable bonds is 5. The number of carbonyl (C=O) groups is 1. The maximum atomic E-state index is 13.2. The van der Waals surface area contributed by atoms with Crippen LogP contribution in [0.2, 0.25) is 0 Å². The molecule has 1 N–H and O–H groups in total. The topological polar surface area (TPSA) is 67.8 Å². The number of carbonyl (C=O) groups excluding carboxylic acids is 1. The number of nitrogens with one attached hydrogen (secondary N) is 1. The molecule has 4 rings (SSSR count). The first-order valence-corrected chi connectivity index (χ1v) is 10.4. The SMILES string of the molecule is Cc1nc2c(SCC(=O)Nc3ccc(F)cc3)nnc(-c3ccc(F)cc3)c2s1. The van der Waals surface area contributed by atoms with Crippen molar-refractivity contribution < 1.29 is 13.6 Å². The van der Waals surface area contributed by atoms with Crippen LogP contribution in [0.1, 0.15) is 5.01 Å². The van der Waals surface area contributed by atoms with E-state index in [0.717, 1.165) is 15.3 Å². The molecular weight excluding hydrogens is 414 g/mol. The van der Waals surface area contributed by atoms with Crippen LogP contribution in [0.3, 0.4) is 0 Å². The lowest BCUT2D eigenvalue weighted by atomic mass is 10.1. The van der Waals surface area contributed by atoms with E-state index in [1.807, 2.05) is 6.92 Å². The molecule has 146 valence electrons. The highest BCUT2D eigenvalue weighted by molar-refractivity contribution is 8.00. The number of nitrogens with zero attached hydrogens (tertiary/aromatic N) is 3. The van der Waals surface area contributed by atoms with Crippen LogP contribution in [0.5, 0.6) is 0 Å². The molecule has 0 aliphatic carbocycles. The van der Waals surface area contributed by atoms with Gasteiger partial charge in [-0.1, -0.05) is 11.8 Å². The highest BCUT2D eigenvalue weighted by Gasteiger charge is 2.17. The van der Waals surface area contributed by atoms with E-state index < -0.39 is 0 Å². The molecule has 9 heteroatoms. The van der Waals surface area contributed by atoms with E-state index in [1.165, 1.54) is 59.5 Å². The molecule has 0 radical (unpaired) electrons. The van der Waals surface area contributed by atoms with E-state index in [1.54, 1.807) is 12.1 Å². The summed E-state index contributed by atoms with van der Waals surface area (Å²) < 4.78 is 27.0. The van der Waals surface area contributed by atoms with E-state index in [2.05, 4.69) is 20.5 Å². The summed E-state index contributed by atoms with van der Waals surface area (Å²) >= 11 is 2.70. The maximum Gasteiger partial charge on any atom is 0.234 e. The largest absolute Gasteiger partial charge is 0.325 e. The molecule has 0 aliphatic rings. The van der Waals surface area contributed by atoms with Gasteiger partial charge in [0, 0.05) is 11.3 Å². The molecule has 4 aromatic rings. The van der Waals surface area contributed by atoms with E-state index in [-0.39, 0.29) is 23.3 Å². The second-order valence-electron chi connectivity index (χ2n) is 6.12. The van der Waals surface area contributed by atoms with Crippen LogP contribution < -0.4 is 5.32 Å². The number of halogens is 2. The lowest BCUT2D eigenvalue weighted by Gasteiger charge is -2.06. The van der Waals surface area contributed by atoms with Gasteiger partial charge in [0.15, 0.2) is 0 Å². The number of thiazole rings is 1. The Hall–Kier alpha value is -2.91. The van der Waals surface area contributed by atoms with E-state index in [9.17, 15) is 13.6 Å². The zero-order valence-corrected chi connectivity index (χ0v) is 16.8. The molecule has 1 amide bonds. The molecule has 0 aliphatic heterocycles. The summed E-state index contributed by atoms with van der Waals surface area (Å²) in [6, 6.07) is 11.6. The van der Waals surface area contributed by atoms with Crippen LogP contribution in [0, 0.1) is 18.6 Å². The third-order valence-corrected chi connectivity index (χ3v) is 5.91. The van der Waals surface area contributed by atoms with Gasteiger partial charge in [-0.15, -0.1) is 21.5 Å². The van der Waals surface area contributed by atoms with E-state index in [0.29, 0.717) is 21.9 Å². The molecule has 2 heterocycles. The number of aryl methyl sites for hydroxylation is 1. The molecule has 2 aromatic heterocycles. The normalized spacial score (nSPS) is 11.0. The van der Waals surface area contributed by atoms with E-state index >= 15 is 0 Å². The highest BCUT2D eigenvalue weighted by Crippen LogP contribution is 2.35. The minimum absolute atomic E-state index is 0.105. The highest BCUT2D eigenvalue weighted by atomic mass is 32.2. The monoisotopic (exact) mass is 428 g/mol. The summed E-state index contributed by atoms with van der Waals surface area (Å²) in [5.74, 6) is -0.827. The third kappa shape index (κ3) is 4.41. The zero-order chi connectivity index (χ0) is 20.4. The van der Waals surface area contributed by atoms with Crippen molar-refractivity contribution in [2.24, 2.45) is 0 Å². The number of anilines is 1. The van der Waals surface area contributed by atoms with Crippen LogP contribution in [0.15, 0.2) is 53.6 Å². The van der Waals surface area contributed by atoms with Gasteiger partial charge in [-0.2, -0.15) is 0 Å². The van der Waals surface area contributed by atoms with Crippen LogP contribution in [-0.2, 0) is 4.79 Å². The molecule has 0 unspecified atom stereocenters. The van der Waals surface area contributed by atoms with Gasteiger partial charge >= 0.3 is 0 Å². The summed E-state index contributed by atoms with van der Waals surface area (Å²) in [5.41, 5.74) is 2.56. The number of hydrogen-bond donors (Lipinski definition) is 1. The Bertz CT molecular complexity index is 1180. The quantitative estimate of drug-likeness (QED) is 0.450. The van der Waals surface area contributed by atoms with Crippen molar-refractivity contribution in [1.29, 1.82) is 0 Å². The summed E-state index contributed by atoms with van der Waals surface area (Å²) in [4.78, 5) is 16.7. The van der Waals surface area contributed by atoms with Crippen molar-refractivity contribution in [2.45, 2.75) is 11.9 Å². The van der Waals surface area contributed by atoms with Crippen LogP contribution in [0.25, 0.3) is 21.5 Å². The average Bonchev–Trinajstić information content (AvgIpc) is 3.10. The summed E-state index contributed by atoms with van der Waals surface area (Å²) in [7, 11) is 0. The minimum atomic E-state index is -0.366. The number of hydrogen-bond acceptors (Lipinski definition) is 6. The first-order valence-electron chi connectivity index (χ1n) is 8.57. The third-order valence-electron chi connectivity index (χ3n) is 3.98. The molecule has 0 bridgehead atoms. The molecule has 0 spiro atoms. The van der Waals surface area contributed by atoms with Crippen molar-refractivity contribution in [3.05, 3.63) is 65.2 Å². The van der Waals surface area contributed by atoms with Gasteiger partial charge in [-0.3, -0.25) is 4.79 Å². The predicted molar refractivity (Wildman–Crippen MR) is 111 cm³/mol. The Morgan fingerprint density at radius 1 is 1.03 bits per heavy atom. The molecule has 0 saturated heterocycles. The van der Waals surface area contributed by atoms with Crippen molar-refractivity contribution in [2.75, 3.05) is 11.1 Å². The van der Waals surface area contributed by atoms with Gasteiger partial charge in [0.1, 0.15) is 27.9 Å². The standard InChI is InChI=1S/C20H14F2N4OS2/c1-11-23-18-19(29-11)17(12-2-4-13(21)5-3-12)25-26-20(18)28-10-16(27)24-15-8-6-14(22)7-9-15/h2-9H,10H2,1H3,(H,24,27). The summed E-state index contributed by atoms with van der Waals surface area (Å²) in [5, 5.41) is 12.6. The Kier molecular flexibility index (Phi) is 5.50. The summed E-state index contributed by atoms with van der Waals surface area (Å²) in [6.07, 6.45) is 0. The average molecular weight is 428 g/mol.